The van der Waals surface area contributed by atoms with Gasteiger partial charge < -0.3 is 5.32 Å². The van der Waals surface area contributed by atoms with Crippen LogP contribution in [-0.2, 0) is 16.4 Å². The van der Waals surface area contributed by atoms with Gasteiger partial charge in [0.15, 0.2) is 9.84 Å². The quantitative estimate of drug-likeness (QED) is 0.917. The number of rotatable bonds is 3. The summed E-state index contributed by atoms with van der Waals surface area (Å²) in [7, 11) is -2.83. The Hall–Kier alpha value is -0.460. The van der Waals surface area contributed by atoms with Gasteiger partial charge in [-0.2, -0.15) is 0 Å². The first kappa shape index (κ1) is 13.0. The van der Waals surface area contributed by atoms with Crippen molar-refractivity contribution in [1.29, 1.82) is 0 Å². The molecule has 94 valence electrons. The average molecular weight is 319 g/mol. The molecule has 1 N–H and O–H groups in total. The summed E-state index contributed by atoms with van der Waals surface area (Å²) in [5, 5.41) is 3.28. The minimum Gasteiger partial charge on any atom is -0.309 e. The van der Waals surface area contributed by atoms with Gasteiger partial charge in [0.1, 0.15) is 0 Å². The van der Waals surface area contributed by atoms with Crippen LogP contribution in [0.3, 0.4) is 0 Å². The van der Waals surface area contributed by atoms with Gasteiger partial charge in [0.2, 0.25) is 0 Å². The molecule has 0 aromatic carbocycles. The number of aromatic nitrogens is 1. The minimum atomic E-state index is -2.83. The molecule has 0 saturated carbocycles. The van der Waals surface area contributed by atoms with Gasteiger partial charge in [0.25, 0.3) is 0 Å². The second kappa shape index (κ2) is 5.46. The van der Waals surface area contributed by atoms with Crippen LogP contribution in [0.25, 0.3) is 0 Å². The van der Waals surface area contributed by atoms with Crippen LogP contribution in [0.1, 0.15) is 18.4 Å². The SMILES string of the molecule is O=S1(=O)CCCC(NCc2cncc(Br)c2)C1. The zero-order valence-electron chi connectivity index (χ0n) is 9.39. The number of pyridine rings is 1. The van der Waals surface area contributed by atoms with E-state index in [4.69, 9.17) is 0 Å². The van der Waals surface area contributed by atoms with Crippen LogP contribution < -0.4 is 5.32 Å². The molecule has 6 heteroatoms. The van der Waals surface area contributed by atoms with Crippen molar-refractivity contribution in [3.63, 3.8) is 0 Å². The zero-order valence-corrected chi connectivity index (χ0v) is 11.8. The van der Waals surface area contributed by atoms with E-state index in [9.17, 15) is 8.42 Å². The third-order valence-corrected chi connectivity index (χ3v) is 5.07. The molecule has 0 radical (unpaired) electrons. The van der Waals surface area contributed by atoms with E-state index in [1.165, 1.54) is 0 Å². The lowest BCUT2D eigenvalue weighted by Gasteiger charge is -2.23. The lowest BCUT2D eigenvalue weighted by Crippen LogP contribution is -2.39. The first-order chi connectivity index (χ1) is 8.05. The van der Waals surface area contributed by atoms with Crippen molar-refractivity contribution in [2.75, 3.05) is 11.5 Å². The van der Waals surface area contributed by atoms with Gasteiger partial charge >= 0.3 is 0 Å². The Morgan fingerprint density at radius 3 is 3.00 bits per heavy atom. The molecule has 1 aliphatic heterocycles. The molecule has 2 rings (SSSR count). The predicted octanol–water partition coefficient (Wildman–Crippen LogP) is 1.51. The molecule has 1 fully saturated rings. The van der Waals surface area contributed by atoms with E-state index in [1.807, 2.05) is 6.07 Å². The second-order valence-electron chi connectivity index (χ2n) is 4.35. The Labute approximate surface area is 110 Å². The maximum absolute atomic E-state index is 11.5. The predicted molar refractivity (Wildman–Crippen MR) is 70.5 cm³/mol. The molecule has 0 spiro atoms. The summed E-state index contributed by atoms with van der Waals surface area (Å²) >= 11 is 3.36. The van der Waals surface area contributed by atoms with E-state index in [1.54, 1.807) is 12.4 Å². The van der Waals surface area contributed by atoms with Gasteiger partial charge in [0, 0.05) is 29.5 Å². The molecule has 2 heterocycles. The maximum Gasteiger partial charge on any atom is 0.151 e. The molecule has 0 aliphatic carbocycles. The average Bonchev–Trinajstić information content (AvgIpc) is 2.25. The Balaban J connectivity index is 1.90. The summed E-state index contributed by atoms with van der Waals surface area (Å²) in [6.45, 7) is 0.659. The van der Waals surface area contributed by atoms with E-state index in [0.29, 0.717) is 12.3 Å². The van der Waals surface area contributed by atoms with Crippen LogP contribution in [0.5, 0.6) is 0 Å². The van der Waals surface area contributed by atoms with Crippen molar-refractivity contribution in [2.45, 2.75) is 25.4 Å². The fraction of sp³-hybridized carbons (Fsp3) is 0.545. The zero-order chi connectivity index (χ0) is 12.3. The second-order valence-corrected chi connectivity index (χ2v) is 7.49. The fourth-order valence-corrected chi connectivity index (χ4v) is 4.08. The fourth-order valence-electron chi connectivity index (χ4n) is 2.00. The first-order valence-electron chi connectivity index (χ1n) is 5.58. The van der Waals surface area contributed by atoms with Gasteiger partial charge in [-0.3, -0.25) is 4.98 Å². The number of hydrogen-bond donors (Lipinski definition) is 1. The summed E-state index contributed by atoms with van der Waals surface area (Å²) in [5.41, 5.74) is 1.06. The number of hydrogen-bond acceptors (Lipinski definition) is 4. The van der Waals surface area contributed by atoms with Crippen molar-refractivity contribution in [3.05, 3.63) is 28.5 Å². The van der Waals surface area contributed by atoms with Crippen LogP contribution in [-0.4, -0.2) is 30.9 Å². The Kier molecular flexibility index (Phi) is 4.17. The Morgan fingerprint density at radius 2 is 2.29 bits per heavy atom. The molecule has 4 nitrogen and oxygen atoms in total. The van der Waals surface area contributed by atoms with Crippen molar-refractivity contribution in [1.82, 2.24) is 10.3 Å². The minimum absolute atomic E-state index is 0.0766. The summed E-state index contributed by atoms with van der Waals surface area (Å²) in [4.78, 5) is 4.07. The van der Waals surface area contributed by atoms with Crippen molar-refractivity contribution < 1.29 is 8.42 Å². The topological polar surface area (TPSA) is 59.1 Å². The molecule has 1 aliphatic rings. The van der Waals surface area contributed by atoms with Crippen LogP contribution in [0, 0.1) is 0 Å². The summed E-state index contributed by atoms with van der Waals surface area (Å²) < 4.78 is 23.9. The lowest BCUT2D eigenvalue weighted by molar-refractivity contribution is 0.480. The molecule has 17 heavy (non-hydrogen) atoms. The Bertz CT molecular complexity index is 490. The van der Waals surface area contributed by atoms with Crippen molar-refractivity contribution >= 4 is 25.8 Å². The largest absolute Gasteiger partial charge is 0.309 e. The highest BCUT2D eigenvalue weighted by Crippen LogP contribution is 2.13. The maximum atomic E-state index is 11.5. The standard InChI is InChI=1S/C11H15BrN2O2S/c12-10-4-9(5-13-7-10)6-14-11-2-1-3-17(15,16)8-11/h4-5,7,11,14H,1-3,6,8H2. The van der Waals surface area contributed by atoms with Crippen LogP contribution in [0.15, 0.2) is 22.9 Å². The molecule has 1 atom stereocenters. The van der Waals surface area contributed by atoms with E-state index in [-0.39, 0.29) is 11.8 Å². The number of halogens is 1. The third-order valence-electron chi connectivity index (χ3n) is 2.82. The summed E-state index contributed by atoms with van der Waals surface area (Å²) in [6, 6.07) is 2.06. The number of nitrogens with zero attached hydrogens (tertiary/aromatic N) is 1. The molecule has 1 aromatic rings. The van der Waals surface area contributed by atoms with E-state index >= 15 is 0 Å². The highest BCUT2D eigenvalue weighted by Gasteiger charge is 2.23. The van der Waals surface area contributed by atoms with E-state index < -0.39 is 9.84 Å². The molecule has 0 amide bonds. The van der Waals surface area contributed by atoms with Gasteiger partial charge in [0.05, 0.1) is 11.5 Å². The van der Waals surface area contributed by atoms with Crippen molar-refractivity contribution in [2.24, 2.45) is 0 Å². The smallest absolute Gasteiger partial charge is 0.151 e. The molecule has 1 saturated heterocycles. The molecule has 1 unspecified atom stereocenters. The first-order valence-corrected chi connectivity index (χ1v) is 8.20. The van der Waals surface area contributed by atoms with E-state index in [2.05, 4.69) is 26.2 Å². The lowest BCUT2D eigenvalue weighted by atomic mass is 10.2. The molecule has 1 aromatic heterocycles. The molecule has 0 bridgehead atoms. The Morgan fingerprint density at radius 1 is 1.47 bits per heavy atom. The van der Waals surface area contributed by atoms with Gasteiger partial charge in [-0.15, -0.1) is 0 Å². The number of sulfone groups is 1. The van der Waals surface area contributed by atoms with Crippen LogP contribution >= 0.6 is 15.9 Å². The summed E-state index contributed by atoms with van der Waals surface area (Å²) in [5.74, 6) is 0.595. The van der Waals surface area contributed by atoms with Crippen LogP contribution in [0.2, 0.25) is 0 Å². The van der Waals surface area contributed by atoms with Gasteiger partial charge in [-0.1, -0.05) is 0 Å². The number of nitrogens with one attached hydrogen (secondary N) is 1. The monoisotopic (exact) mass is 318 g/mol. The third kappa shape index (κ3) is 4.04. The van der Waals surface area contributed by atoms with Gasteiger partial charge in [-0.25, -0.2) is 8.42 Å². The van der Waals surface area contributed by atoms with Gasteiger partial charge in [-0.05, 0) is 40.4 Å². The highest BCUT2D eigenvalue weighted by atomic mass is 79.9. The van der Waals surface area contributed by atoms with Crippen molar-refractivity contribution in [3.8, 4) is 0 Å². The molecular weight excluding hydrogens is 304 g/mol. The highest BCUT2D eigenvalue weighted by molar-refractivity contribution is 9.10. The van der Waals surface area contributed by atoms with Crippen LogP contribution in [0.4, 0.5) is 0 Å². The summed E-state index contributed by atoms with van der Waals surface area (Å²) in [6.07, 6.45) is 5.21. The molecular formula is C11H15BrN2O2S. The van der Waals surface area contributed by atoms with E-state index in [0.717, 1.165) is 22.9 Å². The normalized spacial score (nSPS) is 23.5.